The number of piperidine rings is 1. The third-order valence-electron chi connectivity index (χ3n) is 6.43. The second kappa shape index (κ2) is 10.0. The summed E-state index contributed by atoms with van der Waals surface area (Å²) in [7, 11) is -3.97. The molecule has 0 radical (unpaired) electrons. The molecular formula is C26H25FN4O3S2. The molecule has 7 nitrogen and oxygen atoms in total. The van der Waals surface area contributed by atoms with Crippen LogP contribution in [0.1, 0.15) is 24.0 Å². The molecular weight excluding hydrogens is 499 g/mol. The van der Waals surface area contributed by atoms with E-state index in [0.29, 0.717) is 24.5 Å². The lowest BCUT2D eigenvalue weighted by atomic mass is 9.96. The molecule has 1 saturated heterocycles. The predicted octanol–water partition coefficient (Wildman–Crippen LogP) is 4.77. The highest BCUT2D eigenvalue weighted by molar-refractivity contribution is 7.89. The maximum atomic E-state index is 14.2. The van der Waals surface area contributed by atoms with Gasteiger partial charge in [-0.3, -0.25) is 14.7 Å². The van der Waals surface area contributed by atoms with Crippen LogP contribution < -0.4 is 4.90 Å². The topological polar surface area (TPSA) is 83.5 Å². The first kappa shape index (κ1) is 24.5. The molecule has 0 N–H and O–H groups in total. The molecule has 0 aliphatic carbocycles. The van der Waals surface area contributed by atoms with E-state index in [4.69, 9.17) is 4.98 Å². The summed E-state index contributed by atoms with van der Waals surface area (Å²) in [5.74, 6) is -1.25. The van der Waals surface area contributed by atoms with Crippen LogP contribution in [0.3, 0.4) is 0 Å². The summed E-state index contributed by atoms with van der Waals surface area (Å²) in [5, 5.41) is 0.606. The Morgan fingerprint density at radius 3 is 2.58 bits per heavy atom. The Bertz CT molecular complexity index is 1500. The number of aryl methyl sites for hydroxylation is 1. The number of sulfonamides is 1. The number of hydrogen-bond donors (Lipinski definition) is 0. The number of carbonyl (C=O) groups excluding carboxylic acids is 1. The second-order valence-corrected chi connectivity index (χ2v) is 11.7. The summed E-state index contributed by atoms with van der Waals surface area (Å²) in [6, 6.07) is 15.1. The van der Waals surface area contributed by atoms with Gasteiger partial charge in [0.25, 0.3) is 0 Å². The van der Waals surface area contributed by atoms with Crippen LogP contribution in [-0.4, -0.2) is 41.7 Å². The lowest BCUT2D eigenvalue weighted by molar-refractivity contribution is -0.123. The van der Waals surface area contributed by atoms with Gasteiger partial charge < -0.3 is 0 Å². The fourth-order valence-electron chi connectivity index (χ4n) is 4.46. The van der Waals surface area contributed by atoms with Gasteiger partial charge in [0.15, 0.2) is 5.13 Å². The zero-order valence-electron chi connectivity index (χ0n) is 19.7. The molecule has 0 saturated carbocycles. The Morgan fingerprint density at radius 1 is 1.11 bits per heavy atom. The average molecular weight is 525 g/mol. The number of hydrogen-bond acceptors (Lipinski definition) is 6. The summed E-state index contributed by atoms with van der Waals surface area (Å²) in [6.45, 7) is 2.60. The maximum Gasteiger partial charge on any atom is 0.245 e. The first-order valence-electron chi connectivity index (χ1n) is 11.7. The van der Waals surface area contributed by atoms with Crippen LogP contribution in [0, 0.1) is 18.7 Å². The van der Waals surface area contributed by atoms with Crippen LogP contribution in [0.2, 0.25) is 0 Å². The highest BCUT2D eigenvalue weighted by Gasteiger charge is 2.36. The Hall–Kier alpha value is -3.21. The number of para-hydroxylation sites is 1. The van der Waals surface area contributed by atoms with Gasteiger partial charge in [0.1, 0.15) is 10.7 Å². The van der Waals surface area contributed by atoms with Crippen molar-refractivity contribution < 1.29 is 17.6 Å². The number of benzene rings is 2. The van der Waals surface area contributed by atoms with Crippen LogP contribution in [0.15, 0.2) is 71.9 Å². The molecule has 0 atom stereocenters. The van der Waals surface area contributed by atoms with Crippen molar-refractivity contribution in [2.24, 2.45) is 5.92 Å². The summed E-state index contributed by atoms with van der Waals surface area (Å²) in [4.78, 5) is 24.1. The van der Waals surface area contributed by atoms with Gasteiger partial charge in [0.05, 0.1) is 16.8 Å². The van der Waals surface area contributed by atoms with E-state index in [1.165, 1.54) is 33.8 Å². The first-order chi connectivity index (χ1) is 17.3. The van der Waals surface area contributed by atoms with Crippen molar-refractivity contribution in [1.82, 2.24) is 14.3 Å². The Balaban J connectivity index is 1.39. The Labute approximate surface area is 213 Å². The third kappa shape index (κ3) is 4.76. The highest BCUT2D eigenvalue weighted by atomic mass is 32.2. The number of aromatic nitrogens is 2. The van der Waals surface area contributed by atoms with Gasteiger partial charge in [0, 0.05) is 31.4 Å². The van der Waals surface area contributed by atoms with Gasteiger partial charge in [-0.1, -0.05) is 41.7 Å². The molecule has 1 aliphatic rings. The molecule has 0 unspecified atom stereocenters. The summed E-state index contributed by atoms with van der Waals surface area (Å²) < 4.78 is 42.4. The number of nitrogens with zero attached hydrogens (tertiary/aromatic N) is 4. The van der Waals surface area contributed by atoms with Crippen molar-refractivity contribution >= 4 is 42.6 Å². The van der Waals surface area contributed by atoms with E-state index in [1.54, 1.807) is 17.3 Å². The van der Waals surface area contributed by atoms with Crippen molar-refractivity contribution in [2.45, 2.75) is 31.2 Å². The molecule has 4 aromatic rings. The number of thiazole rings is 1. The lowest BCUT2D eigenvalue weighted by Gasteiger charge is -2.33. The minimum Gasteiger partial charge on any atom is -0.283 e. The van der Waals surface area contributed by atoms with E-state index in [2.05, 4.69) is 4.98 Å². The molecule has 1 fully saturated rings. The lowest BCUT2D eigenvalue weighted by Crippen LogP contribution is -2.44. The number of fused-ring (bicyclic) bond motifs is 1. The molecule has 1 amide bonds. The predicted molar refractivity (Wildman–Crippen MR) is 138 cm³/mol. The Kier molecular flexibility index (Phi) is 6.83. The van der Waals surface area contributed by atoms with Crippen LogP contribution >= 0.6 is 11.3 Å². The maximum absolute atomic E-state index is 14.2. The largest absolute Gasteiger partial charge is 0.283 e. The number of carbonyl (C=O) groups is 1. The minimum absolute atomic E-state index is 0.0986. The van der Waals surface area contributed by atoms with Gasteiger partial charge >= 0.3 is 0 Å². The van der Waals surface area contributed by atoms with Gasteiger partial charge in [0.2, 0.25) is 15.9 Å². The van der Waals surface area contributed by atoms with Gasteiger partial charge in [-0.2, -0.15) is 4.31 Å². The normalized spacial score (nSPS) is 15.3. The van der Waals surface area contributed by atoms with Crippen molar-refractivity contribution in [2.75, 3.05) is 18.0 Å². The van der Waals surface area contributed by atoms with E-state index < -0.39 is 15.8 Å². The monoisotopic (exact) mass is 524 g/mol. The van der Waals surface area contributed by atoms with Crippen LogP contribution in [-0.2, 0) is 21.4 Å². The van der Waals surface area contributed by atoms with Gasteiger partial charge in [-0.05, 0) is 55.2 Å². The zero-order chi connectivity index (χ0) is 25.3. The van der Waals surface area contributed by atoms with Crippen molar-refractivity contribution in [1.29, 1.82) is 0 Å². The molecule has 36 heavy (non-hydrogen) atoms. The summed E-state index contributed by atoms with van der Waals surface area (Å²) in [6.07, 6.45) is 4.10. The molecule has 10 heteroatoms. The van der Waals surface area contributed by atoms with Gasteiger partial charge in [-0.25, -0.2) is 17.8 Å². The number of amides is 1. The summed E-state index contributed by atoms with van der Waals surface area (Å²) >= 11 is 1.46. The third-order valence-corrected chi connectivity index (χ3v) is 9.40. The van der Waals surface area contributed by atoms with Crippen LogP contribution in [0.25, 0.3) is 10.2 Å². The van der Waals surface area contributed by atoms with E-state index >= 15 is 0 Å². The standard InChI is InChI=1S/C26H25FN4O3S2/c1-18-6-4-9-22-24(18)29-26(35-22)31(17-19-7-5-13-28-16-19)25(32)20-11-14-30(15-12-20)36(33,34)23-10-3-2-8-21(23)27/h2-10,13,16,20H,11-12,14-15,17H2,1H3. The zero-order valence-corrected chi connectivity index (χ0v) is 21.3. The Morgan fingerprint density at radius 2 is 1.89 bits per heavy atom. The molecule has 2 aromatic heterocycles. The first-order valence-corrected chi connectivity index (χ1v) is 13.9. The van der Waals surface area contributed by atoms with Gasteiger partial charge in [-0.15, -0.1) is 0 Å². The fraction of sp³-hybridized carbons (Fsp3) is 0.269. The average Bonchev–Trinajstić information content (AvgIpc) is 3.33. The summed E-state index contributed by atoms with van der Waals surface area (Å²) in [5.41, 5.74) is 2.78. The van der Waals surface area contributed by atoms with Crippen molar-refractivity contribution in [3.05, 3.63) is 83.9 Å². The molecule has 0 spiro atoms. The molecule has 5 rings (SSSR count). The quantitative estimate of drug-likeness (QED) is 0.363. The number of halogens is 1. The SMILES string of the molecule is Cc1cccc2sc(N(Cc3cccnc3)C(=O)C3CCN(S(=O)(=O)c4ccccc4F)CC3)nc12. The molecule has 186 valence electrons. The van der Waals surface area contributed by atoms with Crippen molar-refractivity contribution in [3.63, 3.8) is 0 Å². The number of pyridine rings is 1. The number of rotatable bonds is 6. The molecule has 2 aromatic carbocycles. The molecule has 3 heterocycles. The van der Waals surface area contributed by atoms with Crippen LogP contribution in [0.5, 0.6) is 0 Å². The van der Waals surface area contributed by atoms with Crippen molar-refractivity contribution in [3.8, 4) is 0 Å². The van der Waals surface area contributed by atoms with E-state index in [9.17, 15) is 17.6 Å². The number of anilines is 1. The van der Waals surface area contributed by atoms with E-state index in [-0.39, 0.29) is 29.8 Å². The molecule has 1 aliphatic heterocycles. The smallest absolute Gasteiger partial charge is 0.245 e. The van der Waals surface area contributed by atoms with Crippen LogP contribution in [0.4, 0.5) is 9.52 Å². The van der Waals surface area contributed by atoms with E-state index in [1.807, 2.05) is 37.3 Å². The minimum atomic E-state index is -3.97. The second-order valence-electron chi connectivity index (χ2n) is 8.81. The van der Waals surface area contributed by atoms with E-state index in [0.717, 1.165) is 27.4 Å². The highest BCUT2D eigenvalue weighted by Crippen LogP contribution is 2.34. The molecule has 0 bridgehead atoms. The fourth-order valence-corrected chi connectivity index (χ4v) is 7.04.